The minimum Gasteiger partial charge on any atom is -0.396 e. The van der Waals surface area contributed by atoms with Gasteiger partial charge in [-0.3, -0.25) is 0 Å². The summed E-state index contributed by atoms with van der Waals surface area (Å²) in [6.07, 6.45) is 1.05. The Morgan fingerprint density at radius 2 is 2.00 bits per heavy atom. The van der Waals surface area contributed by atoms with Crippen LogP contribution in [0.4, 0.5) is 11.4 Å². The number of sulfonamides is 1. The van der Waals surface area contributed by atoms with Crippen molar-refractivity contribution < 1.29 is 18.3 Å². The number of rotatable bonds is 4. The van der Waals surface area contributed by atoms with Crippen molar-refractivity contribution in [1.29, 1.82) is 0 Å². The molecule has 8 heteroatoms. The van der Waals surface area contributed by atoms with Crippen LogP contribution in [0.5, 0.6) is 0 Å². The molecule has 112 valence electrons. The van der Waals surface area contributed by atoms with E-state index in [4.69, 9.17) is 15.6 Å². The molecule has 7 nitrogen and oxygen atoms in total. The maximum absolute atomic E-state index is 11.4. The van der Waals surface area contributed by atoms with Crippen LogP contribution in [0.2, 0.25) is 0 Å². The summed E-state index contributed by atoms with van der Waals surface area (Å²) >= 11 is 0. The van der Waals surface area contributed by atoms with Gasteiger partial charge < -0.3 is 20.9 Å². The Balaban J connectivity index is 2.14. The third-order valence-electron chi connectivity index (χ3n) is 3.40. The lowest BCUT2D eigenvalue weighted by Crippen LogP contribution is -2.42. The number of ether oxygens (including phenoxy) is 1. The zero-order valence-electron chi connectivity index (χ0n) is 11.0. The van der Waals surface area contributed by atoms with Crippen LogP contribution in [0.15, 0.2) is 23.1 Å². The minimum atomic E-state index is -3.86. The molecule has 0 bridgehead atoms. The Morgan fingerprint density at radius 3 is 2.60 bits per heavy atom. The highest BCUT2D eigenvalue weighted by atomic mass is 32.2. The second-order valence-electron chi connectivity index (χ2n) is 4.95. The van der Waals surface area contributed by atoms with Crippen molar-refractivity contribution in [3.8, 4) is 0 Å². The fourth-order valence-corrected chi connectivity index (χ4v) is 2.82. The number of primary sulfonamides is 1. The van der Waals surface area contributed by atoms with Crippen LogP contribution < -0.4 is 16.2 Å². The van der Waals surface area contributed by atoms with E-state index in [9.17, 15) is 13.5 Å². The van der Waals surface area contributed by atoms with E-state index in [0.717, 1.165) is 0 Å². The van der Waals surface area contributed by atoms with Gasteiger partial charge in [0, 0.05) is 32.6 Å². The highest BCUT2D eigenvalue weighted by Crippen LogP contribution is 2.27. The van der Waals surface area contributed by atoms with E-state index in [2.05, 4.69) is 5.32 Å². The van der Waals surface area contributed by atoms with Crippen LogP contribution in [0, 0.1) is 0 Å². The zero-order valence-corrected chi connectivity index (χ0v) is 11.8. The number of nitrogens with two attached hydrogens (primary N) is 2. The second kappa shape index (κ2) is 5.57. The van der Waals surface area contributed by atoms with E-state index in [0.29, 0.717) is 31.7 Å². The van der Waals surface area contributed by atoms with Gasteiger partial charge in [0.15, 0.2) is 0 Å². The van der Waals surface area contributed by atoms with E-state index >= 15 is 0 Å². The van der Waals surface area contributed by atoms with Crippen LogP contribution in [0.3, 0.4) is 0 Å². The number of hydrogen-bond acceptors (Lipinski definition) is 6. The zero-order chi connectivity index (χ0) is 14.8. The summed E-state index contributed by atoms with van der Waals surface area (Å²) in [7, 11) is -3.86. The Kier molecular flexibility index (Phi) is 4.19. The average molecular weight is 301 g/mol. The SMILES string of the molecule is Nc1c(NCC2(O)CCOCC2)cccc1S(N)(=O)=O. The first-order valence-electron chi connectivity index (χ1n) is 6.27. The van der Waals surface area contributed by atoms with E-state index < -0.39 is 15.6 Å². The van der Waals surface area contributed by atoms with E-state index in [-0.39, 0.29) is 17.1 Å². The van der Waals surface area contributed by atoms with Gasteiger partial charge in [-0.05, 0) is 12.1 Å². The van der Waals surface area contributed by atoms with Gasteiger partial charge in [0.25, 0.3) is 0 Å². The molecule has 0 unspecified atom stereocenters. The molecule has 0 aliphatic carbocycles. The van der Waals surface area contributed by atoms with Gasteiger partial charge in [-0.15, -0.1) is 0 Å². The molecule has 1 fully saturated rings. The van der Waals surface area contributed by atoms with Gasteiger partial charge >= 0.3 is 0 Å². The minimum absolute atomic E-state index is 0.0608. The van der Waals surface area contributed by atoms with Gasteiger partial charge in [0.2, 0.25) is 10.0 Å². The Hall–Kier alpha value is -1.35. The van der Waals surface area contributed by atoms with Gasteiger partial charge in [0.1, 0.15) is 4.90 Å². The monoisotopic (exact) mass is 301 g/mol. The quantitative estimate of drug-likeness (QED) is 0.574. The molecule has 0 spiro atoms. The molecule has 1 heterocycles. The molecule has 1 saturated heterocycles. The summed E-state index contributed by atoms with van der Waals surface area (Å²) in [5.41, 5.74) is 5.43. The highest BCUT2D eigenvalue weighted by Gasteiger charge is 2.29. The van der Waals surface area contributed by atoms with Crippen molar-refractivity contribution in [2.45, 2.75) is 23.3 Å². The maximum Gasteiger partial charge on any atom is 0.240 e. The number of nitrogens with one attached hydrogen (secondary N) is 1. The number of aliphatic hydroxyl groups is 1. The van der Waals surface area contributed by atoms with Crippen LogP contribution >= 0.6 is 0 Å². The van der Waals surface area contributed by atoms with Crippen LogP contribution in [0.25, 0.3) is 0 Å². The number of anilines is 2. The molecular formula is C12H19N3O4S. The smallest absolute Gasteiger partial charge is 0.240 e. The van der Waals surface area contributed by atoms with Gasteiger partial charge in [-0.2, -0.15) is 0 Å². The van der Waals surface area contributed by atoms with Gasteiger partial charge in [-0.25, -0.2) is 13.6 Å². The summed E-state index contributed by atoms with van der Waals surface area (Å²) in [6, 6.07) is 4.54. The van der Waals surface area contributed by atoms with Crippen LogP contribution in [-0.2, 0) is 14.8 Å². The predicted octanol–water partition coefficient (Wildman–Crippen LogP) is -0.130. The molecule has 1 aliphatic heterocycles. The topological polar surface area (TPSA) is 128 Å². The number of hydrogen-bond donors (Lipinski definition) is 4. The van der Waals surface area contributed by atoms with E-state index in [1.165, 1.54) is 6.07 Å². The third-order valence-corrected chi connectivity index (χ3v) is 4.37. The van der Waals surface area contributed by atoms with Crippen molar-refractivity contribution in [1.82, 2.24) is 0 Å². The van der Waals surface area contributed by atoms with Crippen molar-refractivity contribution in [2.75, 3.05) is 30.8 Å². The summed E-state index contributed by atoms with van der Waals surface area (Å²) in [5.74, 6) is 0. The first-order chi connectivity index (χ1) is 9.32. The first kappa shape index (κ1) is 15.0. The predicted molar refractivity (Wildman–Crippen MR) is 75.7 cm³/mol. The summed E-state index contributed by atoms with van der Waals surface area (Å²) in [4.78, 5) is -0.124. The number of para-hydroxylation sites is 1. The van der Waals surface area contributed by atoms with Crippen LogP contribution in [0.1, 0.15) is 12.8 Å². The largest absolute Gasteiger partial charge is 0.396 e. The number of benzene rings is 1. The molecule has 1 aromatic rings. The Morgan fingerprint density at radius 1 is 1.35 bits per heavy atom. The molecule has 20 heavy (non-hydrogen) atoms. The molecule has 0 atom stereocenters. The fraction of sp³-hybridized carbons (Fsp3) is 0.500. The third kappa shape index (κ3) is 3.40. The molecule has 0 aromatic heterocycles. The van der Waals surface area contributed by atoms with E-state index in [1.807, 2.05) is 0 Å². The van der Waals surface area contributed by atoms with Crippen molar-refractivity contribution in [3.05, 3.63) is 18.2 Å². The summed E-state index contributed by atoms with van der Waals surface area (Å²) < 4.78 is 28.0. The van der Waals surface area contributed by atoms with Gasteiger partial charge in [-0.1, -0.05) is 6.07 Å². The van der Waals surface area contributed by atoms with E-state index in [1.54, 1.807) is 12.1 Å². The molecule has 6 N–H and O–H groups in total. The lowest BCUT2D eigenvalue weighted by Gasteiger charge is -2.32. The molecule has 1 aliphatic rings. The standard InChI is InChI=1S/C12H19N3O4S/c13-11-9(2-1-3-10(11)20(14,17)18)15-8-12(16)4-6-19-7-5-12/h1-3,15-16H,4-8,13H2,(H2,14,17,18). The molecule has 2 rings (SSSR count). The molecule has 0 amide bonds. The first-order valence-corrected chi connectivity index (χ1v) is 7.82. The summed E-state index contributed by atoms with van der Waals surface area (Å²) in [6.45, 7) is 1.28. The fourth-order valence-electron chi connectivity index (χ4n) is 2.13. The molecule has 0 radical (unpaired) electrons. The molecule has 0 saturated carbocycles. The van der Waals surface area contributed by atoms with Crippen molar-refractivity contribution in [2.24, 2.45) is 5.14 Å². The Labute approximate surface area is 118 Å². The second-order valence-corrected chi connectivity index (χ2v) is 6.48. The average Bonchev–Trinajstić information content (AvgIpc) is 2.37. The molecule has 1 aromatic carbocycles. The summed E-state index contributed by atoms with van der Waals surface area (Å²) in [5, 5.41) is 18.4. The highest BCUT2D eigenvalue weighted by molar-refractivity contribution is 7.89. The maximum atomic E-state index is 11.4. The molecular weight excluding hydrogens is 282 g/mol. The lowest BCUT2D eigenvalue weighted by molar-refractivity contribution is -0.0543. The Bertz CT molecular complexity index is 582. The normalized spacial score (nSPS) is 18.7. The lowest BCUT2D eigenvalue weighted by atomic mass is 9.94. The van der Waals surface area contributed by atoms with Gasteiger partial charge in [0.05, 0.1) is 17.0 Å². The van der Waals surface area contributed by atoms with Crippen molar-refractivity contribution in [3.63, 3.8) is 0 Å². The number of nitrogen functional groups attached to an aromatic ring is 1. The van der Waals surface area contributed by atoms with Crippen LogP contribution in [-0.4, -0.2) is 38.9 Å². The van der Waals surface area contributed by atoms with Crippen molar-refractivity contribution >= 4 is 21.4 Å².